The fourth-order valence-electron chi connectivity index (χ4n) is 1.42. The molecule has 0 amide bonds. The van der Waals surface area contributed by atoms with Gasteiger partial charge in [-0.2, -0.15) is 0 Å². The minimum absolute atomic E-state index is 0.188. The van der Waals surface area contributed by atoms with Crippen LogP contribution in [0.4, 0.5) is 5.69 Å². The minimum Gasteiger partial charge on any atom is -0.378 e. The minimum atomic E-state index is 0.188. The lowest BCUT2D eigenvalue weighted by molar-refractivity contribution is 0.0983. The Morgan fingerprint density at radius 3 is 2.19 bits per heavy atom. The van der Waals surface area contributed by atoms with Crippen molar-refractivity contribution in [2.24, 2.45) is 0 Å². The van der Waals surface area contributed by atoms with Crippen LogP contribution in [-0.4, -0.2) is 19.9 Å². The predicted octanol–water partition coefficient (Wildman–Crippen LogP) is 3.29. The molecule has 0 spiro atoms. The zero-order valence-corrected chi connectivity index (χ0v) is 10.3. The molecule has 0 aliphatic rings. The number of ketones is 1. The van der Waals surface area contributed by atoms with Gasteiger partial charge >= 0.3 is 0 Å². The van der Waals surface area contributed by atoms with Gasteiger partial charge in [0, 0.05) is 31.8 Å². The molecule has 0 unspecified atom stereocenters. The van der Waals surface area contributed by atoms with E-state index in [0.29, 0.717) is 6.42 Å². The molecule has 0 atom stereocenters. The number of allylic oxidation sites excluding steroid dienone is 1. The van der Waals surface area contributed by atoms with Crippen molar-refractivity contribution in [3.05, 3.63) is 42.0 Å². The standard InChI is InChI=1S/C14H19NO/c1-11(2)5-10-14(16)12-6-8-13(9-7-12)15(3)4/h6-9H,1,5,10H2,2-4H3. The number of hydrogen-bond donors (Lipinski definition) is 0. The van der Waals surface area contributed by atoms with E-state index in [4.69, 9.17) is 0 Å². The smallest absolute Gasteiger partial charge is 0.163 e. The largest absolute Gasteiger partial charge is 0.378 e. The average molecular weight is 217 g/mol. The van der Waals surface area contributed by atoms with Crippen LogP contribution in [0.25, 0.3) is 0 Å². The van der Waals surface area contributed by atoms with Crippen molar-refractivity contribution in [1.29, 1.82) is 0 Å². The third-order valence-electron chi connectivity index (χ3n) is 2.48. The molecule has 0 saturated carbocycles. The highest BCUT2D eigenvalue weighted by Gasteiger charge is 2.05. The highest BCUT2D eigenvalue weighted by Crippen LogP contribution is 2.14. The molecule has 0 heterocycles. The summed E-state index contributed by atoms with van der Waals surface area (Å²) in [7, 11) is 3.97. The van der Waals surface area contributed by atoms with Gasteiger partial charge in [0.1, 0.15) is 0 Å². The second-order valence-electron chi connectivity index (χ2n) is 4.32. The molecule has 16 heavy (non-hydrogen) atoms. The molecule has 2 heteroatoms. The number of carbonyl (C=O) groups is 1. The molecule has 0 saturated heterocycles. The highest BCUT2D eigenvalue weighted by atomic mass is 16.1. The van der Waals surface area contributed by atoms with Gasteiger partial charge in [-0.05, 0) is 37.6 Å². The fraction of sp³-hybridized carbons (Fsp3) is 0.357. The van der Waals surface area contributed by atoms with Gasteiger partial charge in [0.2, 0.25) is 0 Å². The third kappa shape index (κ3) is 3.54. The summed E-state index contributed by atoms with van der Waals surface area (Å²) in [4.78, 5) is 13.8. The number of hydrogen-bond acceptors (Lipinski definition) is 2. The lowest BCUT2D eigenvalue weighted by atomic mass is 10.0. The summed E-state index contributed by atoms with van der Waals surface area (Å²) in [5.74, 6) is 0.188. The quantitative estimate of drug-likeness (QED) is 0.557. The summed E-state index contributed by atoms with van der Waals surface area (Å²) in [5.41, 5.74) is 2.95. The Morgan fingerprint density at radius 2 is 1.75 bits per heavy atom. The fourth-order valence-corrected chi connectivity index (χ4v) is 1.42. The molecule has 86 valence electrons. The Labute approximate surface area is 97.6 Å². The molecule has 0 radical (unpaired) electrons. The SMILES string of the molecule is C=C(C)CCC(=O)c1ccc(N(C)C)cc1. The topological polar surface area (TPSA) is 20.3 Å². The van der Waals surface area contributed by atoms with Crippen LogP contribution in [0.1, 0.15) is 30.1 Å². The second kappa shape index (κ2) is 5.50. The second-order valence-corrected chi connectivity index (χ2v) is 4.32. The molecule has 1 rings (SSSR count). The molecule has 0 aliphatic heterocycles. The first kappa shape index (κ1) is 12.5. The number of Topliss-reactive ketones (excluding diaryl/α,β-unsaturated/α-hetero) is 1. The molecular formula is C14H19NO. The normalized spacial score (nSPS) is 9.94. The van der Waals surface area contributed by atoms with Crippen LogP contribution < -0.4 is 4.90 Å². The van der Waals surface area contributed by atoms with E-state index in [0.717, 1.165) is 23.2 Å². The molecule has 0 fully saturated rings. The summed E-state index contributed by atoms with van der Waals surface area (Å²) >= 11 is 0. The molecule has 0 N–H and O–H groups in total. The average Bonchev–Trinajstić information content (AvgIpc) is 2.26. The van der Waals surface area contributed by atoms with Crippen molar-refractivity contribution in [1.82, 2.24) is 0 Å². The lowest BCUT2D eigenvalue weighted by Crippen LogP contribution is -2.08. The maximum atomic E-state index is 11.8. The summed E-state index contributed by atoms with van der Waals surface area (Å²) in [6, 6.07) is 7.70. The van der Waals surface area contributed by atoms with Gasteiger partial charge in [-0.15, -0.1) is 6.58 Å². The molecule has 0 aromatic heterocycles. The number of anilines is 1. The van der Waals surface area contributed by atoms with E-state index < -0.39 is 0 Å². The monoisotopic (exact) mass is 217 g/mol. The molecule has 0 bridgehead atoms. The number of benzene rings is 1. The number of nitrogens with zero attached hydrogens (tertiary/aromatic N) is 1. The highest BCUT2D eigenvalue weighted by molar-refractivity contribution is 5.96. The number of rotatable bonds is 5. The first-order chi connectivity index (χ1) is 7.50. The van der Waals surface area contributed by atoms with Crippen LogP contribution in [0.2, 0.25) is 0 Å². The first-order valence-electron chi connectivity index (χ1n) is 5.45. The van der Waals surface area contributed by atoms with Gasteiger partial charge in [-0.3, -0.25) is 4.79 Å². The molecular weight excluding hydrogens is 198 g/mol. The van der Waals surface area contributed by atoms with Crippen molar-refractivity contribution in [3.8, 4) is 0 Å². The Balaban J connectivity index is 2.66. The van der Waals surface area contributed by atoms with Gasteiger partial charge in [-0.25, -0.2) is 0 Å². The maximum Gasteiger partial charge on any atom is 0.163 e. The summed E-state index contributed by atoms with van der Waals surface area (Å²) in [5, 5.41) is 0. The van der Waals surface area contributed by atoms with Crippen molar-refractivity contribution >= 4 is 11.5 Å². The molecule has 1 aromatic rings. The number of carbonyl (C=O) groups excluding carboxylic acids is 1. The maximum absolute atomic E-state index is 11.8. The van der Waals surface area contributed by atoms with Crippen LogP contribution >= 0.6 is 0 Å². The van der Waals surface area contributed by atoms with Crippen molar-refractivity contribution in [2.75, 3.05) is 19.0 Å². The molecule has 2 nitrogen and oxygen atoms in total. The third-order valence-corrected chi connectivity index (χ3v) is 2.48. The molecule has 0 aliphatic carbocycles. The summed E-state index contributed by atoms with van der Waals surface area (Å²) in [6.07, 6.45) is 1.32. The van der Waals surface area contributed by atoms with E-state index in [1.807, 2.05) is 50.2 Å². The van der Waals surface area contributed by atoms with E-state index in [9.17, 15) is 4.79 Å². The van der Waals surface area contributed by atoms with Crippen LogP contribution in [0.15, 0.2) is 36.4 Å². The van der Waals surface area contributed by atoms with Crippen molar-refractivity contribution in [3.63, 3.8) is 0 Å². The molecule has 1 aromatic carbocycles. The zero-order chi connectivity index (χ0) is 12.1. The predicted molar refractivity (Wildman–Crippen MR) is 69.1 cm³/mol. The Hall–Kier alpha value is -1.57. The van der Waals surface area contributed by atoms with Crippen molar-refractivity contribution in [2.45, 2.75) is 19.8 Å². The van der Waals surface area contributed by atoms with Gasteiger partial charge < -0.3 is 4.90 Å². The zero-order valence-electron chi connectivity index (χ0n) is 10.3. The summed E-state index contributed by atoms with van der Waals surface area (Å²) in [6.45, 7) is 5.75. The van der Waals surface area contributed by atoms with Crippen LogP contribution in [-0.2, 0) is 0 Å². The van der Waals surface area contributed by atoms with Crippen LogP contribution in [0.3, 0.4) is 0 Å². The van der Waals surface area contributed by atoms with Crippen molar-refractivity contribution < 1.29 is 4.79 Å². The van der Waals surface area contributed by atoms with E-state index in [1.165, 1.54) is 0 Å². The van der Waals surface area contributed by atoms with E-state index in [2.05, 4.69) is 6.58 Å². The Bertz CT molecular complexity index is 376. The van der Waals surface area contributed by atoms with Gasteiger partial charge in [0.25, 0.3) is 0 Å². The van der Waals surface area contributed by atoms with E-state index in [-0.39, 0.29) is 5.78 Å². The Kier molecular flexibility index (Phi) is 4.29. The lowest BCUT2D eigenvalue weighted by Gasteiger charge is -2.12. The Morgan fingerprint density at radius 1 is 1.19 bits per heavy atom. The first-order valence-corrected chi connectivity index (χ1v) is 5.45. The van der Waals surface area contributed by atoms with E-state index in [1.54, 1.807) is 0 Å². The van der Waals surface area contributed by atoms with Gasteiger partial charge in [0.05, 0.1) is 0 Å². The summed E-state index contributed by atoms with van der Waals surface area (Å²) < 4.78 is 0. The van der Waals surface area contributed by atoms with E-state index >= 15 is 0 Å². The van der Waals surface area contributed by atoms with Gasteiger partial charge in [-0.1, -0.05) is 5.57 Å². The van der Waals surface area contributed by atoms with Crippen LogP contribution in [0, 0.1) is 0 Å². The van der Waals surface area contributed by atoms with Gasteiger partial charge in [0.15, 0.2) is 5.78 Å². The van der Waals surface area contributed by atoms with Crippen LogP contribution in [0.5, 0.6) is 0 Å².